The van der Waals surface area contributed by atoms with Crippen molar-refractivity contribution in [3.05, 3.63) is 70.2 Å². The maximum atomic E-state index is 6.34. The van der Waals surface area contributed by atoms with Gasteiger partial charge in [-0.1, -0.05) is 60.1 Å². The quantitative estimate of drug-likeness (QED) is 0.653. The summed E-state index contributed by atoms with van der Waals surface area (Å²) in [5.74, 6) is 5.66. The summed E-state index contributed by atoms with van der Waals surface area (Å²) in [7, 11) is 0. The van der Waals surface area contributed by atoms with E-state index in [4.69, 9.17) is 17.4 Å². The number of halogens is 1. The normalized spacial score (nSPS) is 12.4. The lowest BCUT2D eigenvalue weighted by atomic mass is 9.98. The highest BCUT2D eigenvalue weighted by atomic mass is 35.5. The van der Waals surface area contributed by atoms with E-state index < -0.39 is 0 Å². The molecule has 0 saturated carbocycles. The third-order valence-corrected chi connectivity index (χ3v) is 3.60. The first-order valence-electron chi connectivity index (χ1n) is 5.97. The Bertz CT molecular complexity index is 511. The summed E-state index contributed by atoms with van der Waals surface area (Å²) in [5.41, 5.74) is 6.20. The van der Waals surface area contributed by atoms with Gasteiger partial charge < -0.3 is 0 Å². The maximum Gasteiger partial charge on any atom is 0.0515 e. The van der Waals surface area contributed by atoms with E-state index >= 15 is 0 Å². The molecule has 1 atom stereocenters. The highest BCUT2D eigenvalue weighted by Crippen LogP contribution is 2.27. The smallest absolute Gasteiger partial charge is 0.0515 e. The van der Waals surface area contributed by atoms with Gasteiger partial charge in [-0.2, -0.15) is 0 Å². The molecule has 0 bridgehead atoms. The minimum Gasteiger partial charge on any atom is -0.271 e. The Morgan fingerprint density at radius 3 is 2.50 bits per heavy atom. The molecule has 0 saturated heterocycles. The summed E-state index contributed by atoms with van der Waals surface area (Å²) in [5, 5.41) is 0.788. The predicted octanol–water partition coefficient (Wildman–Crippen LogP) is 3.40. The Morgan fingerprint density at radius 2 is 1.83 bits per heavy atom. The van der Waals surface area contributed by atoms with Gasteiger partial charge in [0, 0.05) is 5.02 Å². The molecule has 0 aromatic heterocycles. The van der Waals surface area contributed by atoms with Gasteiger partial charge in [0.15, 0.2) is 0 Å². The second kappa shape index (κ2) is 6.01. The molecule has 0 radical (unpaired) electrons. The molecule has 0 aliphatic carbocycles. The number of hydrogen-bond acceptors (Lipinski definition) is 2. The molecule has 2 aromatic carbocycles. The molecule has 0 aliphatic rings. The van der Waals surface area contributed by atoms with E-state index in [0.29, 0.717) is 0 Å². The zero-order valence-electron chi connectivity index (χ0n) is 10.4. The Hall–Kier alpha value is -1.35. The second-order valence-corrected chi connectivity index (χ2v) is 4.77. The molecule has 2 rings (SSSR count). The fourth-order valence-electron chi connectivity index (χ4n) is 2.05. The van der Waals surface area contributed by atoms with Gasteiger partial charge in [0.1, 0.15) is 0 Å². The molecular formula is C15H17ClN2. The summed E-state index contributed by atoms with van der Waals surface area (Å²) in [6.45, 7) is 2.00. The third kappa shape index (κ3) is 2.91. The average molecular weight is 261 g/mol. The van der Waals surface area contributed by atoms with Crippen molar-refractivity contribution in [1.82, 2.24) is 5.43 Å². The molecule has 2 aromatic rings. The van der Waals surface area contributed by atoms with E-state index in [2.05, 4.69) is 17.6 Å². The van der Waals surface area contributed by atoms with Crippen LogP contribution in [0.4, 0.5) is 0 Å². The van der Waals surface area contributed by atoms with Crippen molar-refractivity contribution in [2.75, 3.05) is 0 Å². The Balaban J connectivity index is 2.26. The summed E-state index contributed by atoms with van der Waals surface area (Å²) in [6.07, 6.45) is 0.820. The number of benzene rings is 2. The number of nitrogens with two attached hydrogens (primary N) is 1. The van der Waals surface area contributed by atoms with Crippen molar-refractivity contribution in [1.29, 1.82) is 0 Å². The van der Waals surface area contributed by atoms with Crippen LogP contribution in [-0.2, 0) is 6.42 Å². The molecule has 0 spiro atoms. The van der Waals surface area contributed by atoms with Gasteiger partial charge in [-0.15, -0.1) is 0 Å². The minimum absolute atomic E-state index is 0.0276. The summed E-state index contributed by atoms with van der Waals surface area (Å²) in [4.78, 5) is 0. The molecule has 18 heavy (non-hydrogen) atoms. The minimum atomic E-state index is 0.0276. The Labute approximate surface area is 113 Å². The second-order valence-electron chi connectivity index (χ2n) is 4.39. The Kier molecular flexibility index (Phi) is 4.37. The molecule has 1 unspecified atom stereocenters. The van der Waals surface area contributed by atoms with Crippen molar-refractivity contribution in [3.63, 3.8) is 0 Å². The van der Waals surface area contributed by atoms with E-state index in [0.717, 1.165) is 22.6 Å². The maximum absolute atomic E-state index is 6.34. The van der Waals surface area contributed by atoms with Crippen molar-refractivity contribution in [3.8, 4) is 0 Å². The predicted molar refractivity (Wildman–Crippen MR) is 76.4 cm³/mol. The van der Waals surface area contributed by atoms with Crippen LogP contribution in [-0.4, -0.2) is 0 Å². The lowest BCUT2D eigenvalue weighted by molar-refractivity contribution is 0.552. The van der Waals surface area contributed by atoms with Crippen LogP contribution in [0.15, 0.2) is 48.5 Å². The topological polar surface area (TPSA) is 38.0 Å². The van der Waals surface area contributed by atoms with Crippen LogP contribution in [0.5, 0.6) is 0 Å². The molecular weight excluding hydrogens is 244 g/mol. The van der Waals surface area contributed by atoms with Gasteiger partial charge in [0.05, 0.1) is 6.04 Å². The molecule has 2 nitrogen and oxygen atoms in total. The summed E-state index contributed by atoms with van der Waals surface area (Å²) < 4.78 is 0. The average Bonchev–Trinajstić information content (AvgIpc) is 2.41. The molecule has 0 fully saturated rings. The van der Waals surface area contributed by atoms with Crippen LogP contribution >= 0.6 is 11.6 Å². The first-order chi connectivity index (χ1) is 8.72. The zero-order valence-corrected chi connectivity index (χ0v) is 11.1. The van der Waals surface area contributed by atoms with Gasteiger partial charge in [-0.05, 0) is 30.0 Å². The third-order valence-electron chi connectivity index (χ3n) is 3.08. The monoisotopic (exact) mass is 260 g/mol. The molecule has 0 amide bonds. The molecule has 0 heterocycles. The van der Waals surface area contributed by atoms with E-state index in [-0.39, 0.29) is 6.04 Å². The van der Waals surface area contributed by atoms with Gasteiger partial charge in [-0.25, -0.2) is 0 Å². The number of hydrazine groups is 1. The first kappa shape index (κ1) is 13.1. The lowest BCUT2D eigenvalue weighted by Crippen LogP contribution is -2.29. The summed E-state index contributed by atoms with van der Waals surface area (Å²) in [6, 6.07) is 16.3. The van der Waals surface area contributed by atoms with Crippen LogP contribution in [0.1, 0.15) is 22.7 Å². The van der Waals surface area contributed by atoms with Crippen LogP contribution in [0.25, 0.3) is 0 Å². The van der Waals surface area contributed by atoms with Gasteiger partial charge in [0.2, 0.25) is 0 Å². The lowest BCUT2D eigenvalue weighted by Gasteiger charge is -2.18. The molecule has 94 valence electrons. The highest BCUT2D eigenvalue weighted by Gasteiger charge is 2.14. The van der Waals surface area contributed by atoms with Crippen molar-refractivity contribution in [2.24, 2.45) is 5.84 Å². The fourth-order valence-corrected chi connectivity index (χ4v) is 2.31. The molecule has 3 N–H and O–H groups in total. The fraction of sp³-hybridized carbons (Fsp3) is 0.200. The Morgan fingerprint density at radius 1 is 1.11 bits per heavy atom. The molecule has 0 aliphatic heterocycles. The van der Waals surface area contributed by atoms with Crippen LogP contribution in [0, 0.1) is 6.92 Å². The number of rotatable bonds is 4. The van der Waals surface area contributed by atoms with E-state index in [1.807, 2.05) is 43.3 Å². The van der Waals surface area contributed by atoms with E-state index in [1.165, 1.54) is 5.56 Å². The molecule has 3 heteroatoms. The first-order valence-corrected chi connectivity index (χ1v) is 6.35. The largest absolute Gasteiger partial charge is 0.271 e. The summed E-state index contributed by atoms with van der Waals surface area (Å²) >= 11 is 6.34. The van der Waals surface area contributed by atoms with Crippen LogP contribution in [0.2, 0.25) is 5.02 Å². The standard InChI is InChI=1S/C15H17ClN2/c1-11-6-5-9-13(15(11)16)14(18-17)10-12-7-3-2-4-8-12/h2-9,14,18H,10,17H2,1H3. The van der Waals surface area contributed by atoms with Gasteiger partial charge in [0.25, 0.3) is 0 Å². The SMILES string of the molecule is Cc1cccc(C(Cc2ccccc2)NN)c1Cl. The number of aryl methyl sites for hydroxylation is 1. The number of hydrogen-bond donors (Lipinski definition) is 2. The van der Waals surface area contributed by atoms with Crippen molar-refractivity contribution in [2.45, 2.75) is 19.4 Å². The zero-order chi connectivity index (χ0) is 13.0. The highest BCUT2D eigenvalue weighted by molar-refractivity contribution is 6.32. The van der Waals surface area contributed by atoms with E-state index in [9.17, 15) is 0 Å². The van der Waals surface area contributed by atoms with Crippen molar-refractivity contribution < 1.29 is 0 Å². The number of nitrogens with one attached hydrogen (secondary N) is 1. The van der Waals surface area contributed by atoms with Crippen molar-refractivity contribution >= 4 is 11.6 Å². The van der Waals surface area contributed by atoms with E-state index in [1.54, 1.807) is 0 Å². The van der Waals surface area contributed by atoms with Gasteiger partial charge >= 0.3 is 0 Å². The van der Waals surface area contributed by atoms with Crippen LogP contribution < -0.4 is 11.3 Å². The van der Waals surface area contributed by atoms with Gasteiger partial charge in [-0.3, -0.25) is 11.3 Å². The van der Waals surface area contributed by atoms with Crippen LogP contribution in [0.3, 0.4) is 0 Å².